The Bertz CT molecular complexity index is 681. The predicted octanol–water partition coefficient (Wildman–Crippen LogP) is 3.39. The van der Waals surface area contributed by atoms with Gasteiger partial charge in [0.2, 0.25) is 0 Å². The van der Waals surface area contributed by atoms with Crippen molar-refractivity contribution in [3.8, 4) is 0 Å². The number of thiazole rings is 1. The van der Waals surface area contributed by atoms with Crippen LogP contribution in [0.15, 0.2) is 34.6 Å². The number of hydrogen-bond donors (Lipinski definition) is 2. The van der Waals surface area contributed by atoms with Gasteiger partial charge in [-0.2, -0.15) is 0 Å². The molecule has 1 heterocycles. The highest BCUT2D eigenvalue weighted by atomic mass is 127. The normalized spacial score (nSPS) is 12.6. The monoisotopic (exact) mass is 487 g/mol. The maximum Gasteiger partial charge on any atom is 0.191 e. The summed E-state index contributed by atoms with van der Waals surface area (Å²) >= 11 is 1.69. The molecule has 144 valence electrons. The lowest BCUT2D eigenvalue weighted by atomic mass is 10.0. The summed E-state index contributed by atoms with van der Waals surface area (Å²) in [5.74, 6) is 0.825. The van der Waals surface area contributed by atoms with Crippen molar-refractivity contribution >= 4 is 41.3 Å². The van der Waals surface area contributed by atoms with Crippen molar-refractivity contribution in [1.29, 1.82) is 0 Å². The summed E-state index contributed by atoms with van der Waals surface area (Å²) in [5.41, 5.74) is 3.72. The van der Waals surface area contributed by atoms with E-state index in [1.54, 1.807) is 18.4 Å². The van der Waals surface area contributed by atoms with Crippen LogP contribution in [0.3, 0.4) is 0 Å². The van der Waals surface area contributed by atoms with Crippen molar-refractivity contribution in [3.63, 3.8) is 0 Å². The third-order valence-corrected chi connectivity index (χ3v) is 4.93. The second-order valence-electron chi connectivity index (χ2n) is 6.38. The van der Waals surface area contributed by atoms with E-state index < -0.39 is 0 Å². The number of aromatic nitrogens is 1. The Morgan fingerprint density at radius 3 is 2.42 bits per heavy atom. The Labute approximate surface area is 178 Å². The smallest absolute Gasteiger partial charge is 0.191 e. The maximum absolute atomic E-state index is 4.49. The summed E-state index contributed by atoms with van der Waals surface area (Å²) in [6.45, 7) is 5.77. The van der Waals surface area contributed by atoms with Gasteiger partial charge in [0, 0.05) is 31.9 Å². The topological polar surface area (TPSA) is 52.6 Å². The first-order valence-electron chi connectivity index (χ1n) is 8.58. The van der Waals surface area contributed by atoms with Gasteiger partial charge < -0.3 is 15.5 Å². The minimum Gasteiger partial charge on any atom is -0.356 e. The van der Waals surface area contributed by atoms with E-state index in [1.165, 1.54) is 11.1 Å². The van der Waals surface area contributed by atoms with Gasteiger partial charge in [0.15, 0.2) is 5.96 Å². The average Bonchev–Trinajstić information content (AvgIpc) is 3.00. The fourth-order valence-electron chi connectivity index (χ4n) is 2.63. The largest absolute Gasteiger partial charge is 0.356 e. The molecule has 0 saturated heterocycles. The number of guanidine groups is 1. The molecule has 0 saturated carbocycles. The lowest BCUT2D eigenvalue weighted by Crippen LogP contribution is -2.42. The molecule has 0 fully saturated rings. The number of benzene rings is 1. The third-order valence-electron chi connectivity index (χ3n) is 4.11. The molecule has 1 aromatic heterocycles. The number of rotatable bonds is 7. The lowest BCUT2D eigenvalue weighted by molar-refractivity contribution is 0.298. The van der Waals surface area contributed by atoms with Crippen LogP contribution in [0.4, 0.5) is 0 Å². The standard InChI is InChI=1S/C19H29N5S.HI/c1-14-6-8-16(9-7-14)18(24(4)5)12-22-19(20-3)21-11-10-17-13-25-15(2)23-17;/h6-9,13,18H,10-12H2,1-5H3,(H2,20,21,22);1H. The SMILES string of the molecule is CN=C(NCCc1csc(C)n1)NCC(c1ccc(C)cc1)N(C)C.I. The first kappa shape index (κ1) is 22.9. The second kappa shape index (κ2) is 11.5. The molecule has 0 amide bonds. The van der Waals surface area contributed by atoms with Gasteiger partial charge >= 0.3 is 0 Å². The molecular formula is C19H30IN5S. The van der Waals surface area contributed by atoms with E-state index in [4.69, 9.17) is 0 Å². The molecule has 26 heavy (non-hydrogen) atoms. The van der Waals surface area contributed by atoms with Crippen LogP contribution in [0, 0.1) is 13.8 Å². The fraction of sp³-hybridized carbons (Fsp3) is 0.474. The third kappa shape index (κ3) is 7.20. The van der Waals surface area contributed by atoms with Crippen LogP contribution in [0.25, 0.3) is 0 Å². The van der Waals surface area contributed by atoms with Gasteiger partial charge in [0.1, 0.15) is 0 Å². The van der Waals surface area contributed by atoms with Gasteiger partial charge in [-0.05, 0) is 33.5 Å². The van der Waals surface area contributed by atoms with E-state index in [-0.39, 0.29) is 24.0 Å². The lowest BCUT2D eigenvalue weighted by Gasteiger charge is -2.26. The molecule has 2 N–H and O–H groups in total. The van der Waals surface area contributed by atoms with Crippen LogP contribution in [-0.2, 0) is 6.42 Å². The van der Waals surface area contributed by atoms with E-state index in [2.05, 4.69) is 76.2 Å². The second-order valence-corrected chi connectivity index (χ2v) is 7.44. The van der Waals surface area contributed by atoms with Crippen molar-refractivity contribution in [1.82, 2.24) is 20.5 Å². The van der Waals surface area contributed by atoms with Crippen LogP contribution in [0.2, 0.25) is 0 Å². The Hall–Kier alpha value is -1.19. The zero-order valence-electron chi connectivity index (χ0n) is 16.2. The molecule has 1 aromatic carbocycles. The zero-order valence-corrected chi connectivity index (χ0v) is 19.4. The molecule has 0 aliphatic heterocycles. The summed E-state index contributed by atoms with van der Waals surface area (Å²) in [4.78, 5) is 11.0. The number of halogens is 1. The highest BCUT2D eigenvalue weighted by molar-refractivity contribution is 14.0. The Morgan fingerprint density at radius 2 is 1.88 bits per heavy atom. The Morgan fingerprint density at radius 1 is 1.19 bits per heavy atom. The van der Waals surface area contributed by atoms with E-state index in [9.17, 15) is 0 Å². The van der Waals surface area contributed by atoms with E-state index in [1.807, 2.05) is 6.92 Å². The molecular weight excluding hydrogens is 457 g/mol. The summed E-state index contributed by atoms with van der Waals surface area (Å²) in [6, 6.07) is 9.01. The van der Waals surface area contributed by atoms with Gasteiger partial charge in [-0.15, -0.1) is 35.3 Å². The molecule has 0 aliphatic carbocycles. The first-order chi connectivity index (χ1) is 12.0. The summed E-state index contributed by atoms with van der Waals surface area (Å²) in [6.07, 6.45) is 0.903. The average molecular weight is 487 g/mol. The summed E-state index contributed by atoms with van der Waals surface area (Å²) < 4.78 is 0. The Kier molecular flexibility index (Phi) is 10.1. The number of aryl methyl sites for hydroxylation is 2. The van der Waals surface area contributed by atoms with E-state index in [0.29, 0.717) is 6.04 Å². The molecule has 0 aliphatic rings. The van der Waals surface area contributed by atoms with Gasteiger partial charge in [0.05, 0.1) is 16.7 Å². The van der Waals surface area contributed by atoms with Crippen molar-refractivity contribution in [3.05, 3.63) is 51.5 Å². The first-order valence-corrected chi connectivity index (χ1v) is 9.46. The minimum atomic E-state index is 0. The van der Waals surface area contributed by atoms with Crippen molar-refractivity contribution in [2.75, 3.05) is 34.2 Å². The molecule has 0 radical (unpaired) electrons. The predicted molar refractivity (Wildman–Crippen MR) is 123 cm³/mol. The highest BCUT2D eigenvalue weighted by Gasteiger charge is 2.14. The molecule has 1 atom stereocenters. The van der Waals surface area contributed by atoms with E-state index in [0.717, 1.165) is 36.2 Å². The highest BCUT2D eigenvalue weighted by Crippen LogP contribution is 2.17. The number of nitrogens with zero attached hydrogens (tertiary/aromatic N) is 3. The fourth-order valence-corrected chi connectivity index (χ4v) is 3.28. The van der Waals surface area contributed by atoms with Gasteiger partial charge in [-0.25, -0.2) is 4.98 Å². The van der Waals surface area contributed by atoms with Crippen LogP contribution in [0.5, 0.6) is 0 Å². The maximum atomic E-state index is 4.49. The summed E-state index contributed by atoms with van der Waals surface area (Å²) in [7, 11) is 6.01. The van der Waals surface area contributed by atoms with Gasteiger partial charge in [-0.3, -0.25) is 4.99 Å². The van der Waals surface area contributed by atoms with Crippen molar-refractivity contribution in [2.45, 2.75) is 26.3 Å². The van der Waals surface area contributed by atoms with Crippen LogP contribution in [-0.4, -0.2) is 50.1 Å². The van der Waals surface area contributed by atoms with Crippen molar-refractivity contribution in [2.24, 2.45) is 4.99 Å². The molecule has 0 bridgehead atoms. The molecule has 5 nitrogen and oxygen atoms in total. The van der Waals surface area contributed by atoms with Gasteiger partial charge in [-0.1, -0.05) is 29.8 Å². The quantitative estimate of drug-likeness (QED) is 0.357. The number of nitrogens with one attached hydrogen (secondary N) is 2. The van der Waals surface area contributed by atoms with E-state index >= 15 is 0 Å². The van der Waals surface area contributed by atoms with Crippen LogP contribution in [0.1, 0.15) is 27.9 Å². The molecule has 0 spiro atoms. The number of aliphatic imine (C=N–C) groups is 1. The van der Waals surface area contributed by atoms with Crippen molar-refractivity contribution < 1.29 is 0 Å². The molecule has 2 rings (SSSR count). The van der Waals surface area contributed by atoms with Crippen LogP contribution >= 0.6 is 35.3 Å². The zero-order chi connectivity index (χ0) is 18.2. The number of likely N-dealkylation sites (N-methyl/N-ethyl adjacent to an activating group) is 1. The van der Waals surface area contributed by atoms with Gasteiger partial charge in [0.25, 0.3) is 0 Å². The molecule has 7 heteroatoms. The van der Waals surface area contributed by atoms with Crippen LogP contribution < -0.4 is 10.6 Å². The number of hydrogen-bond acceptors (Lipinski definition) is 4. The minimum absolute atomic E-state index is 0. The Balaban J connectivity index is 0.00000338. The summed E-state index contributed by atoms with van der Waals surface area (Å²) in [5, 5.41) is 10.0. The molecule has 2 aromatic rings. The molecule has 1 unspecified atom stereocenters.